The molecule has 2 bridgehead atoms. The van der Waals surface area contributed by atoms with Crippen LogP contribution in [0.25, 0.3) is 0 Å². The van der Waals surface area contributed by atoms with E-state index in [-0.39, 0.29) is 24.6 Å². The van der Waals surface area contributed by atoms with Gasteiger partial charge in [0, 0.05) is 36.6 Å². The maximum absolute atomic E-state index is 12.3. The fraction of sp³-hybridized carbons (Fsp3) is 0.474. The number of rotatable bonds is 5. The van der Waals surface area contributed by atoms with Gasteiger partial charge in [-0.1, -0.05) is 12.1 Å². The maximum atomic E-state index is 12.3. The first-order chi connectivity index (χ1) is 12.2. The molecule has 2 amide bonds. The minimum atomic E-state index is -0.184. The standard InChI is InChI=1S/C19H24N4O2/c24-12-17-14-4-5-15(10-14)18(17)22-19(25)21-16-6-2-13(3-7-16)11-23-9-1-8-20-23/h1-3,6-9,14-15,17-18,24H,4-5,10-12H2,(H2,21,22,25). The predicted molar refractivity (Wildman–Crippen MR) is 95.1 cm³/mol. The van der Waals surface area contributed by atoms with E-state index in [1.807, 2.05) is 41.2 Å². The molecular formula is C19H24N4O2. The van der Waals surface area contributed by atoms with Crippen LogP contribution in [0.4, 0.5) is 10.5 Å². The van der Waals surface area contributed by atoms with Gasteiger partial charge in [0.1, 0.15) is 0 Å². The van der Waals surface area contributed by atoms with Crippen molar-refractivity contribution in [3.63, 3.8) is 0 Å². The number of amides is 2. The summed E-state index contributed by atoms with van der Waals surface area (Å²) in [5.41, 5.74) is 1.90. The van der Waals surface area contributed by atoms with E-state index in [1.54, 1.807) is 6.20 Å². The number of aromatic nitrogens is 2. The average molecular weight is 340 g/mol. The Hall–Kier alpha value is -2.34. The molecule has 3 N–H and O–H groups in total. The zero-order chi connectivity index (χ0) is 17.2. The van der Waals surface area contributed by atoms with Crippen LogP contribution in [0.3, 0.4) is 0 Å². The van der Waals surface area contributed by atoms with Gasteiger partial charge in [-0.2, -0.15) is 5.10 Å². The first-order valence-corrected chi connectivity index (χ1v) is 8.97. The van der Waals surface area contributed by atoms with Crippen LogP contribution in [-0.2, 0) is 6.54 Å². The molecule has 1 aromatic carbocycles. The van der Waals surface area contributed by atoms with Crippen LogP contribution in [0.5, 0.6) is 0 Å². The highest BCUT2D eigenvalue weighted by Gasteiger charge is 2.47. The van der Waals surface area contributed by atoms with Crippen molar-refractivity contribution in [3.05, 3.63) is 48.3 Å². The second-order valence-corrected chi connectivity index (χ2v) is 7.20. The Balaban J connectivity index is 1.33. The predicted octanol–water partition coefficient (Wildman–Crippen LogP) is 2.46. The number of nitrogens with zero attached hydrogens (tertiary/aromatic N) is 2. The van der Waals surface area contributed by atoms with Crippen LogP contribution < -0.4 is 10.6 Å². The van der Waals surface area contributed by atoms with Crippen LogP contribution >= 0.6 is 0 Å². The van der Waals surface area contributed by atoms with Crippen molar-refractivity contribution in [2.24, 2.45) is 17.8 Å². The molecule has 2 aromatic rings. The smallest absolute Gasteiger partial charge is 0.319 e. The van der Waals surface area contributed by atoms with Crippen molar-refractivity contribution in [1.82, 2.24) is 15.1 Å². The molecule has 4 atom stereocenters. The molecule has 0 saturated heterocycles. The molecule has 132 valence electrons. The van der Waals surface area contributed by atoms with Crippen LogP contribution in [-0.4, -0.2) is 33.6 Å². The summed E-state index contributed by atoms with van der Waals surface area (Å²) in [6.45, 7) is 0.872. The molecule has 6 heteroatoms. The van der Waals surface area contributed by atoms with Crippen molar-refractivity contribution in [2.45, 2.75) is 31.8 Å². The fourth-order valence-corrected chi connectivity index (χ4v) is 4.49. The molecule has 4 unspecified atom stereocenters. The Bertz CT molecular complexity index is 714. The lowest BCUT2D eigenvalue weighted by atomic mass is 9.85. The third-order valence-electron chi connectivity index (χ3n) is 5.71. The molecule has 1 heterocycles. The van der Waals surface area contributed by atoms with E-state index in [0.717, 1.165) is 24.1 Å². The minimum Gasteiger partial charge on any atom is -0.396 e. The minimum absolute atomic E-state index is 0.0999. The SMILES string of the molecule is O=C(Nc1ccc(Cn2cccn2)cc1)NC1C2CCC(C2)C1CO. The van der Waals surface area contributed by atoms with Crippen LogP contribution in [0, 0.1) is 17.8 Å². The summed E-state index contributed by atoms with van der Waals surface area (Å²) in [5, 5.41) is 19.8. The Labute approximate surface area is 147 Å². The molecule has 2 aliphatic carbocycles. The van der Waals surface area contributed by atoms with Crippen molar-refractivity contribution < 1.29 is 9.90 Å². The van der Waals surface area contributed by atoms with Crippen LogP contribution in [0.1, 0.15) is 24.8 Å². The number of aliphatic hydroxyl groups excluding tert-OH is 1. The first kappa shape index (κ1) is 16.1. The molecule has 6 nitrogen and oxygen atoms in total. The molecule has 0 radical (unpaired) electrons. The van der Waals surface area contributed by atoms with Gasteiger partial charge in [-0.25, -0.2) is 4.79 Å². The molecule has 2 aliphatic rings. The highest BCUT2D eigenvalue weighted by Crippen LogP contribution is 2.48. The largest absolute Gasteiger partial charge is 0.396 e. The lowest BCUT2D eigenvalue weighted by Crippen LogP contribution is -2.46. The second-order valence-electron chi connectivity index (χ2n) is 7.20. The third kappa shape index (κ3) is 3.39. The van der Waals surface area contributed by atoms with E-state index < -0.39 is 0 Å². The summed E-state index contributed by atoms with van der Waals surface area (Å²) in [5.74, 6) is 1.30. The second kappa shape index (κ2) is 6.88. The Morgan fingerprint density at radius 1 is 1.24 bits per heavy atom. The van der Waals surface area contributed by atoms with Gasteiger partial charge in [0.05, 0.1) is 6.54 Å². The number of aliphatic hydroxyl groups is 1. The molecule has 0 spiro atoms. The van der Waals surface area contributed by atoms with Gasteiger partial charge >= 0.3 is 6.03 Å². The highest BCUT2D eigenvalue weighted by molar-refractivity contribution is 5.89. The topological polar surface area (TPSA) is 79.2 Å². The zero-order valence-corrected chi connectivity index (χ0v) is 14.1. The summed E-state index contributed by atoms with van der Waals surface area (Å²) >= 11 is 0. The monoisotopic (exact) mass is 340 g/mol. The van der Waals surface area contributed by atoms with Gasteiger partial charge in [-0.3, -0.25) is 4.68 Å². The van der Waals surface area contributed by atoms with Gasteiger partial charge in [-0.15, -0.1) is 0 Å². The molecule has 4 rings (SSSR count). The number of benzene rings is 1. The number of hydrogen-bond acceptors (Lipinski definition) is 3. The number of nitrogens with one attached hydrogen (secondary N) is 2. The first-order valence-electron chi connectivity index (χ1n) is 8.97. The van der Waals surface area contributed by atoms with Gasteiger partial charge in [0.25, 0.3) is 0 Å². The van der Waals surface area contributed by atoms with E-state index >= 15 is 0 Å². The van der Waals surface area contributed by atoms with Crippen molar-refractivity contribution in [3.8, 4) is 0 Å². The summed E-state index contributed by atoms with van der Waals surface area (Å²) in [7, 11) is 0. The average Bonchev–Trinajstić information content (AvgIpc) is 3.34. The number of fused-ring (bicyclic) bond motifs is 2. The summed E-state index contributed by atoms with van der Waals surface area (Å²) in [6.07, 6.45) is 7.17. The molecule has 25 heavy (non-hydrogen) atoms. The van der Waals surface area contributed by atoms with E-state index in [1.165, 1.54) is 6.42 Å². The normalized spacial score (nSPS) is 27.4. The lowest BCUT2D eigenvalue weighted by Gasteiger charge is -2.30. The zero-order valence-electron chi connectivity index (χ0n) is 14.1. The lowest BCUT2D eigenvalue weighted by molar-refractivity contribution is 0.146. The van der Waals surface area contributed by atoms with Crippen LogP contribution in [0.15, 0.2) is 42.7 Å². The molecular weight excluding hydrogens is 316 g/mol. The van der Waals surface area contributed by atoms with E-state index in [2.05, 4.69) is 15.7 Å². The molecule has 1 aromatic heterocycles. The summed E-state index contributed by atoms with van der Waals surface area (Å²) in [6, 6.07) is 9.61. The van der Waals surface area contributed by atoms with E-state index in [0.29, 0.717) is 18.4 Å². The third-order valence-corrected chi connectivity index (χ3v) is 5.71. The summed E-state index contributed by atoms with van der Waals surface area (Å²) in [4.78, 5) is 12.3. The van der Waals surface area contributed by atoms with Gasteiger partial charge in [0.15, 0.2) is 0 Å². The quantitative estimate of drug-likeness (QED) is 0.782. The Kier molecular flexibility index (Phi) is 4.44. The Morgan fingerprint density at radius 2 is 2.04 bits per heavy atom. The van der Waals surface area contributed by atoms with E-state index in [9.17, 15) is 9.90 Å². The van der Waals surface area contributed by atoms with Crippen molar-refractivity contribution in [1.29, 1.82) is 0 Å². The Morgan fingerprint density at radius 3 is 2.76 bits per heavy atom. The van der Waals surface area contributed by atoms with E-state index in [4.69, 9.17) is 0 Å². The molecule has 0 aliphatic heterocycles. The number of urea groups is 1. The molecule has 2 fully saturated rings. The molecule has 2 saturated carbocycles. The number of hydrogen-bond donors (Lipinski definition) is 3. The fourth-order valence-electron chi connectivity index (χ4n) is 4.49. The summed E-state index contributed by atoms with van der Waals surface area (Å²) < 4.78 is 1.86. The number of anilines is 1. The van der Waals surface area contributed by atoms with Gasteiger partial charge in [0.2, 0.25) is 0 Å². The van der Waals surface area contributed by atoms with Crippen molar-refractivity contribution in [2.75, 3.05) is 11.9 Å². The van der Waals surface area contributed by atoms with Crippen molar-refractivity contribution >= 4 is 11.7 Å². The highest BCUT2D eigenvalue weighted by atomic mass is 16.3. The number of carbonyl (C=O) groups excluding carboxylic acids is 1. The number of carbonyl (C=O) groups is 1. The van der Waals surface area contributed by atoms with Gasteiger partial charge in [-0.05, 0) is 54.9 Å². The van der Waals surface area contributed by atoms with Gasteiger partial charge < -0.3 is 15.7 Å². The maximum Gasteiger partial charge on any atom is 0.319 e. The van der Waals surface area contributed by atoms with Crippen LogP contribution in [0.2, 0.25) is 0 Å².